The molecule has 0 aliphatic carbocycles. The minimum atomic E-state index is -0.237. The van der Waals surface area contributed by atoms with Gasteiger partial charge in [0.05, 0.1) is 0 Å². The van der Waals surface area contributed by atoms with Crippen LogP contribution in [-0.2, 0) is 6.54 Å². The van der Waals surface area contributed by atoms with Gasteiger partial charge in [-0.25, -0.2) is 4.39 Å². The van der Waals surface area contributed by atoms with Gasteiger partial charge in [0.15, 0.2) is 5.82 Å². The molecule has 0 aliphatic rings. The van der Waals surface area contributed by atoms with Crippen LogP contribution in [0.15, 0.2) is 36.4 Å². The maximum atomic E-state index is 13.0. The lowest BCUT2D eigenvalue weighted by Gasteiger charge is -2.17. The molecule has 17 heavy (non-hydrogen) atoms. The Morgan fingerprint density at radius 3 is 2.71 bits per heavy atom. The second kappa shape index (κ2) is 4.78. The van der Waals surface area contributed by atoms with Crippen LogP contribution in [0.4, 0.5) is 16.0 Å². The summed E-state index contributed by atoms with van der Waals surface area (Å²) < 4.78 is 13.0. The molecule has 0 saturated heterocycles. The number of aromatic nitrogens is 2. The molecule has 0 fully saturated rings. The number of benzene rings is 1. The standard InChI is InChI=1S/C12H13FN4/c1-17(12-6-5-11(14)15-16-12)8-9-3-2-4-10(13)7-9/h2-7H,8H2,1H3,(H2,14,15). The molecular weight excluding hydrogens is 219 g/mol. The molecular formula is C12H13FN4. The van der Waals surface area contributed by atoms with Gasteiger partial charge in [0.25, 0.3) is 0 Å². The molecule has 4 nitrogen and oxygen atoms in total. The van der Waals surface area contributed by atoms with Crippen LogP contribution >= 0.6 is 0 Å². The van der Waals surface area contributed by atoms with Crippen LogP contribution in [-0.4, -0.2) is 17.2 Å². The number of halogens is 1. The quantitative estimate of drug-likeness (QED) is 0.877. The third-order valence-electron chi connectivity index (χ3n) is 2.37. The van der Waals surface area contributed by atoms with Crippen molar-refractivity contribution >= 4 is 11.6 Å². The first kappa shape index (κ1) is 11.3. The van der Waals surface area contributed by atoms with Crippen molar-refractivity contribution in [2.45, 2.75) is 6.54 Å². The Morgan fingerprint density at radius 1 is 1.24 bits per heavy atom. The number of nitrogens with two attached hydrogens (primary N) is 1. The fourth-order valence-electron chi connectivity index (χ4n) is 1.53. The summed E-state index contributed by atoms with van der Waals surface area (Å²) >= 11 is 0. The Kier molecular flexibility index (Phi) is 3.18. The fourth-order valence-corrected chi connectivity index (χ4v) is 1.53. The highest BCUT2D eigenvalue weighted by molar-refractivity contribution is 5.41. The molecule has 2 aromatic rings. The number of hydrogen-bond donors (Lipinski definition) is 1. The number of nitrogen functional groups attached to an aromatic ring is 1. The molecule has 1 heterocycles. The number of anilines is 2. The lowest BCUT2D eigenvalue weighted by molar-refractivity contribution is 0.625. The van der Waals surface area contributed by atoms with Gasteiger partial charge < -0.3 is 10.6 Å². The van der Waals surface area contributed by atoms with Crippen LogP contribution in [0.25, 0.3) is 0 Å². The summed E-state index contributed by atoms with van der Waals surface area (Å²) in [5.74, 6) is 0.843. The van der Waals surface area contributed by atoms with E-state index in [1.807, 2.05) is 18.0 Å². The third kappa shape index (κ3) is 2.90. The van der Waals surface area contributed by atoms with Gasteiger partial charge in [0.1, 0.15) is 11.6 Å². The molecule has 0 bridgehead atoms. The Labute approximate surface area is 98.9 Å². The number of hydrogen-bond acceptors (Lipinski definition) is 4. The van der Waals surface area contributed by atoms with E-state index in [1.165, 1.54) is 12.1 Å². The molecule has 0 aliphatic heterocycles. The zero-order valence-electron chi connectivity index (χ0n) is 9.47. The van der Waals surface area contributed by atoms with Gasteiger partial charge in [0, 0.05) is 13.6 Å². The third-order valence-corrected chi connectivity index (χ3v) is 2.37. The van der Waals surface area contributed by atoms with Gasteiger partial charge in [-0.3, -0.25) is 0 Å². The van der Waals surface area contributed by atoms with E-state index in [-0.39, 0.29) is 5.82 Å². The normalized spacial score (nSPS) is 10.2. The van der Waals surface area contributed by atoms with E-state index in [0.717, 1.165) is 5.56 Å². The van der Waals surface area contributed by atoms with Crippen LogP contribution in [0.3, 0.4) is 0 Å². The predicted molar refractivity (Wildman–Crippen MR) is 65.0 cm³/mol. The van der Waals surface area contributed by atoms with Crippen LogP contribution < -0.4 is 10.6 Å². The highest BCUT2D eigenvalue weighted by Gasteiger charge is 2.04. The summed E-state index contributed by atoms with van der Waals surface area (Å²) in [6.45, 7) is 0.566. The number of nitrogens with zero attached hydrogens (tertiary/aromatic N) is 3. The Hall–Kier alpha value is -2.17. The lowest BCUT2D eigenvalue weighted by atomic mass is 10.2. The lowest BCUT2D eigenvalue weighted by Crippen LogP contribution is -2.18. The SMILES string of the molecule is CN(Cc1cccc(F)c1)c1ccc(N)nn1. The van der Waals surface area contributed by atoms with Crippen LogP contribution in [0.5, 0.6) is 0 Å². The average Bonchev–Trinajstić information content (AvgIpc) is 2.29. The highest BCUT2D eigenvalue weighted by atomic mass is 19.1. The van der Waals surface area contributed by atoms with E-state index in [2.05, 4.69) is 10.2 Å². The first-order valence-electron chi connectivity index (χ1n) is 5.20. The minimum Gasteiger partial charge on any atom is -0.382 e. The van der Waals surface area contributed by atoms with Crippen molar-refractivity contribution in [3.8, 4) is 0 Å². The smallest absolute Gasteiger partial charge is 0.151 e. The molecule has 1 aromatic carbocycles. The van der Waals surface area contributed by atoms with Gasteiger partial charge in [-0.1, -0.05) is 12.1 Å². The average molecular weight is 232 g/mol. The molecule has 0 radical (unpaired) electrons. The Balaban J connectivity index is 2.11. The predicted octanol–water partition coefficient (Wildman–Crippen LogP) is 1.83. The summed E-state index contributed by atoms with van der Waals surface area (Å²) in [4.78, 5) is 1.88. The van der Waals surface area contributed by atoms with Gasteiger partial charge in [-0.05, 0) is 29.8 Å². The molecule has 0 unspecified atom stereocenters. The van der Waals surface area contributed by atoms with Crippen molar-refractivity contribution in [1.29, 1.82) is 0 Å². The van der Waals surface area contributed by atoms with E-state index in [0.29, 0.717) is 18.2 Å². The topological polar surface area (TPSA) is 55.0 Å². The maximum absolute atomic E-state index is 13.0. The van der Waals surface area contributed by atoms with Gasteiger partial charge in [-0.15, -0.1) is 10.2 Å². The van der Waals surface area contributed by atoms with Crippen molar-refractivity contribution in [1.82, 2.24) is 10.2 Å². The first-order valence-corrected chi connectivity index (χ1v) is 5.20. The molecule has 5 heteroatoms. The van der Waals surface area contributed by atoms with Crippen molar-refractivity contribution in [2.24, 2.45) is 0 Å². The van der Waals surface area contributed by atoms with E-state index in [9.17, 15) is 4.39 Å². The van der Waals surface area contributed by atoms with Crippen molar-refractivity contribution in [2.75, 3.05) is 17.7 Å². The largest absolute Gasteiger partial charge is 0.382 e. The minimum absolute atomic E-state index is 0.237. The molecule has 0 saturated carbocycles. The Bertz CT molecular complexity index is 498. The fraction of sp³-hybridized carbons (Fsp3) is 0.167. The van der Waals surface area contributed by atoms with Crippen molar-refractivity contribution in [3.63, 3.8) is 0 Å². The summed E-state index contributed by atoms with van der Waals surface area (Å²) in [5, 5.41) is 7.73. The second-order valence-corrected chi connectivity index (χ2v) is 3.80. The van der Waals surface area contributed by atoms with E-state index >= 15 is 0 Å². The molecule has 0 atom stereocenters. The molecule has 2 N–H and O–H groups in total. The second-order valence-electron chi connectivity index (χ2n) is 3.80. The molecule has 1 aromatic heterocycles. The van der Waals surface area contributed by atoms with E-state index < -0.39 is 0 Å². The Morgan fingerprint density at radius 2 is 2.06 bits per heavy atom. The highest BCUT2D eigenvalue weighted by Crippen LogP contribution is 2.13. The van der Waals surface area contributed by atoms with Gasteiger partial charge in [0.2, 0.25) is 0 Å². The van der Waals surface area contributed by atoms with E-state index in [4.69, 9.17) is 5.73 Å². The zero-order chi connectivity index (χ0) is 12.3. The molecule has 0 spiro atoms. The molecule has 2 rings (SSSR count). The molecule has 0 amide bonds. The van der Waals surface area contributed by atoms with Gasteiger partial charge in [-0.2, -0.15) is 0 Å². The summed E-state index contributed by atoms with van der Waals surface area (Å²) in [5.41, 5.74) is 6.34. The first-order chi connectivity index (χ1) is 8.15. The van der Waals surface area contributed by atoms with E-state index in [1.54, 1.807) is 18.2 Å². The summed E-state index contributed by atoms with van der Waals surface area (Å²) in [6.07, 6.45) is 0. The maximum Gasteiger partial charge on any atom is 0.151 e. The van der Waals surface area contributed by atoms with Crippen molar-refractivity contribution < 1.29 is 4.39 Å². The van der Waals surface area contributed by atoms with Crippen LogP contribution in [0.1, 0.15) is 5.56 Å². The van der Waals surface area contributed by atoms with Crippen molar-refractivity contribution in [3.05, 3.63) is 47.8 Å². The van der Waals surface area contributed by atoms with Gasteiger partial charge >= 0.3 is 0 Å². The monoisotopic (exact) mass is 232 g/mol. The van der Waals surface area contributed by atoms with Crippen LogP contribution in [0, 0.1) is 5.82 Å². The zero-order valence-corrected chi connectivity index (χ0v) is 9.47. The summed E-state index contributed by atoms with van der Waals surface area (Å²) in [6, 6.07) is 9.94. The summed E-state index contributed by atoms with van der Waals surface area (Å²) in [7, 11) is 1.87. The van der Waals surface area contributed by atoms with Crippen LogP contribution in [0.2, 0.25) is 0 Å². The number of rotatable bonds is 3. The molecule has 88 valence electrons.